The lowest BCUT2D eigenvalue weighted by molar-refractivity contribution is -0.137. The standard InChI is InChI=1S/C18H20F3N5O2/c19-18(20,21)12-6-7-22-13(10-12)11-25-17(28)26-14(4-3-5-15(26)23-25)16(27)24-8-1-2-9-24/h6-7,10,14H,1-5,8-9,11H2/t14-/m1/s1. The van der Waals surface area contributed by atoms with Crippen molar-refractivity contribution in [3.05, 3.63) is 45.9 Å². The zero-order valence-corrected chi connectivity index (χ0v) is 15.2. The predicted molar refractivity (Wildman–Crippen MR) is 92.6 cm³/mol. The molecule has 0 radical (unpaired) electrons. The van der Waals surface area contributed by atoms with E-state index in [-0.39, 0.29) is 18.1 Å². The Morgan fingerprint density at radius 2 is 1.96 bits per heavy atom. The van der Waals surface area contributed by atoms with Gasteiger partial charge in [-0.2, -0.15) is 18.3 Å². The van der Waals surface area contributed by atoms with Crippen molar-refractivity contribution in [3.63, 3.8) is 0 Å². The maximum atomic E-state index is 12.9. The van der Waals surface area contributed by atoms with Crippen LogP contribution in [0.4, 0.5) is 13.2 Å². The summed E-state index contributed by atoms with van der Waals surface area (Å²) in [6, 6.07) is 1.21. The van der Waals surface area contributed by atoms with Crippen LogP contribution in [-0.2, 0) is 23.9 Å². The molecule has 0 saturated carbocycles. The van der Waals surface area contributed by atoms with Crippen molar-refractivity contribution < 1.29 is 18.0 Å². The highest BCUT2D eigenvalue weighted by Gasteiger charge is 2.34. The van der Waals surface area contributed by atoms with E-state index in [1.54, 1.807) is 4.90 Å². The summed E-state index contributed by atoms with van der Waals surface area (Å²) in [5, 5.41) is 4.27. The van der Waals surface area contributed by atoms with E-state index in [2.05, 4.69) is 10.1 Å². The Labute approximate surface area is 158 Å². The molecule has 2 aliphatic heterocycles. The van der Waals surface area contributed by atoms with Crippen LogP contribution in [-0.4, -0.2) is 43.2 Å². The number of fused-ring (bicyclic) bond motifs is 1. The van der Waals surface area contributed by atoms with E-state index in [0.717, 1.165) is 42.3 Å². The lowest BCUT2D eigenvalue weighted by Gasteiger charge is -2.27. The first-order valence-corrected chi connectivity index (χ1v) is 9.34. The van der Waals surface area contributed by atoms with Crippen LogP contribution in [0.1, 0.15) is 48.8 Å². The van der Waals surface area contributed by atoms with Crippen LogP contribution in [0.15, 0.2) is 23.1 Å². The summed E-state index contributed by atoms with van der Waals surface area (Å²) in [5.74, 6) is 0.429. The number of carbonyl (C=O) groups excluding carboxylic acids is 1. The summed E-state index contributed by atoms with van der Waals surface area (Å²) >= 11 is 0. The lowest BCUT2D eigenvalue weighted by Crippen LogP contribution is -2.41. The van der Waals surface area contributed by atoms with Crippen LogP contribution in [0.2, 0.25) is 0 Å². The molecule has 150 valence electrons. The molecule has 4 rings (SSSR count). The first-order chi connectivity index (χ1) is 13.3. The van der Waals surface area contributed by atoms with E-state index in [0.29, 0.717) is 31.8 Å². The molecule has 0 spiro atoms. The van der Waals surface area contributed by atoms with Gasteiger partial charge in [0.25, 0.3) is 0 Å². The second-order valence-electron chi connectivity index (χ2n) is 7.20. The molecule has 1 atom stereocenters. The fraction of sp³-hybridized carbons (Fsp3) is 0.556. The fourth-order valence-corrected chi connectivity index (χ4v) is 3.91. The molecule has 4 heterocycles. The quantitative estimate of drug-likeness (QED) is 0.797. The topological polar surface area (TPSA) is 73.0 Å². The number of nitrogens with zero attached hydrogens (tertiary/aromatic N) is 5. The fourth-order valence-electron chi connectivity index (χ4n) is 3.91. The average Bonchev–Trinajstić information content (AvgIpc) is 3.30. The highest BCUT2D eigenvalue weighted by molar-refractivity contribution is 5.80. The van der Waals surface area contributed by atoms with Crippen LogP contribution in [0.3, 0.4) is 0 Å². The van der Waals surface area contributed by atoms with Crippen LogP contribution in [0.5, 0.6) is 0 Å². The number of hydrogen-bond acceptors (Lipinski definition) is 4. The third-order valence-electron chi connectivity index (χ3n) is 5.29. The number of amides is 1. The Morgan fingerprint density at radius 1 is 1.21 bits per heavy atom. The van der Waals surface area contributed by atoms with Crippen LogP contribution >= 0.6 is 0 Å². The molecule has 1 fully saturated rings. The first-order valence-electron chi connectivity index (χ1n) is 9.34. The van der Waals surface area contributed by atoms with Crippen LogP contribution in [0.25, 0.3) is 0 Å². The SMILES string of the molecule is O=C([C@H]1CCCc2nn(Cc3cc(C(F)(F)F)ccn3)c(=O)n21)N1CCCC1. The molecule has 7 nitrogen and oxygen atoms in total. The molecule has 0 N–H and O–H groups in total. The van der Waals surface area contributed by atoms with Gasteiger partial charge < -0.3 is 4.90 Å². The molecular formula is C18H20F3N5O2. The zero-order valence-electron chi connectivity index (χ0n) is 15.2. The molecule has 28 heavy (non-hydrogen) atoms. The van der Waals surface area contributed by atoms with Crippen molar-refractivity contribution in [2.24, 2.45) is 0 Å². The third kappa shape index (κ3) is 3.43. The number of alkyl halides is 3. The van der Waals surface area contributed by atoms with Gasteiger partial charge in [0.05, 0.1) is 17.8 Å². The van der Waals surface area contributed by atoms with Gasteiger partial charge in [0, 0.05) is 25.7 Å². The van der Waals surface area contributed by atoms with Gasteiger partial charge in [-0.1, -0.05) is 0 Å². The molecule has 0 aromatic carbocycles. The Balaban J connectivity index is 1.63. The molecule has 0 bridgehead atoms. The normalized spacial score (nSPS) is 19.7. The minimum Gasteiger partial charge on any atom is -0.341 e. The molecule has 0 unspecified atom stereocenters. The van der Waals surface area contributed by atoms with Crippen molar-refractivity contribution in [2.75, 3.05) is 13.1 Å². The molecule has 0 aliphatic carbocycles. The van der Waals surface area contributed by atoms with Gasteiger partial charge in [-0.3, -0.25) is 14.3 Å². The Morgan fingerprint density at radius 3 is 2.68 bits per heavy atom. The summed E-state index contributed by atoms with van der Waals surface area (Å²) in [7, 11) is 0. The van der Waals surface area contributed by atoms with Crippen molar-refractivity contribution >= 4 is 5.91 Å². The number of aromatic nitrogens is 4. The monoisotopic (exact) mass is 395 g/mol. The van der Waals surface area contributed by atoms with Crippen molar-refractivity contribution in [1.82, 2.24) is 24.2 Å². The maximum absolute atomic E-state index is 12.9. The number of rotatable bonds is 3. The summed E-state index contributed by atoms with van der Waals surface area (Å²) in [4.78, 5) is 31.4. The molecule has 2 aliphatic rings. The van der Waals surface area contributed by atoms with E-state index in [1.165, 1.54) is 4.57 Å². The van der Waals surface area contributed by atoms with E-state index in [1.807, 2.05) is 0 Å². The number of halogens is 3. The van der Waals surface area contributed by atoms with Crippen molar-refractivity contribution in [1.29, 1.82) is 0 Å². The van der Waals surface area contributed by atoms with E-state index in [4.69, 9.17) is 0 Å². The molecule has 10 heteroatoms. The molecular weight excluding hydrogens is 375 g/mol. The summed E-state index contributed by atoms with van der Waals surface area (Å²) < 4.78 is 41.2. The number of hydrogen-bond donors (Lipinski definition) is 0. The average molecular weight is 395 g/mol. The highest BCUT2D eigenvalue weighted by atomic mass is 19.4. The number of carbonyl (C=O) groups is 1. The van der Waals surface area contributed by atoms with Gasteiger partial charge in [-0.25, -0.2) is 9.48 Å². The lowest BCUT2D eigenvalue weighted by atomic mass is 10.0. The molecule has 1 amide bonds. The van der Waals surface area contributed by atoms with Gasteiger partial charge in [-0.15, -0.1) is 0 Å². The largest absolute Gasteiger partial charge is 0.416 e. The van der Waals surface area contributed by atoms with Crippen molar-refractivity contribution in [2.45, 2.75) is 50.9 Å². The summed E-state index contributed by atoms with van der Waals surface area (Å²) in [6.07, 6.45) is 0.365. The minimum absolute atomic E-state index is 0.0720. The number of pyridine rings is 1. The van der Waals surface area contributed by atoms with E-state index in [9.17, 15) is 22.8 Å². The number of likely N-dealkylation sites (tertiary alicyclic amines) is 1. The van der Waals surface area contributed by atoms with E-state index >= 15 is 0 Å². The van der Waals surface area contributed by atoms with Crippen molar-refractivity contribution in [3.8, 4) is 0 Å². The second-order valence-corrected chi connectivity index (χ2v) is 7.20. The highest BCUT2D eigenvalue weighted by Crippen LogP contribution is 2.29. The second kappa shape index (κ2) is 7.06. The Hall–Kier alpha value is -2.65. The predicted octanol–water partition coefficient (Wildman–Crippen LogP) is 2.01. The van der Waals surface area contributed by atoms with Gasteiger partial charge in [-0.05, 0) is 37.8 Å². The van der Waals surface area contributed by atoms with E-state index < -0.39 is 23.5 Å². The minimum atomic E-state index is -4.48. The number of aryl methyl sites for hydroxylation is 1. The maximum Gasteiger partial charge on any atom is 0.416 e. The summed E-state index contributed by atoms with van der Waals surface area (Å²) in [6.45, 7) is 1.22. The Kier molecular flexibility index (Phi) is 4.72. The van der Waals surface area contributed by atoms with Crippen LogP contribution < -0.4 is 5.69 Å². The Bertz CT molecular complexity index is 943. The first kappa shape index (κ1) is 18.7. The molecule has 1 saturated heterocycles. The summed E-state index contributed by atoms with van der Waals surface area (Å²) in [5.41, 5.74) is -1.21. The molecule has 2 aromatic heterocycles. The van der Waals surface area contributed by atoms with Gasteiger partial charge in [0.15, 0.2) is 0 Å². The smallest absolute Gasteiger partial charge is 0.341 e. The van der Waals surface area contributed by atoms with Crippen LogP contribution in [0, 0.1) is 0 Å². The van der Waals surface area contributed by atoms with Gasteiger partial charge in [0.2, 0.25) is 5.91 Å². The van der Waals surface area contributed by atoms with Gasteiger partial charge >= 0.3 is 11.9 Å². The third-order valence-corrected chi connectivity index (χ3v) is 5.29. The zero-order chi connectivity index (χ0) is 19.9. The molecule has 2 aromatic rings. The van der Waals surface area contributed by atoms with Gasteiger partial charge in [0.1, 0.15) is 11.9 Å².